The zero-order valence-corrected chi connectivity index (χ0v) is 9.69. The molecular weight excluding hydrogens is 200 g/mol. The van der Waals surface area contributed by atoms with Crippen LogP contribution >= 0.6 is 0 Å². The monoisotopic (exact) mass is 220 g/mol. The van der Waals surface area contributed by atoms with Gasteiger partial charge in [0.2, 0.25) is 5.88 Å². The largest absolute Gasteiger partial charge is 0.478 e. The fourth-order valence-corrected chi connectivity index (χ4v) is 2.11. The molecule has 1 unspecified atom stereocenters. The van der Waals surface area contributed by atoms with Crippen molar-refractivity contribution in [2.45, 2.75) is 38.1 Å². The summed E-state index contributed by atoms with van der Waals surface area (Å²) in [6.45, 7) is 1.96. The van der Waals surface area contributed by atoms with Gasteiger partial charge in [-0.15, -0.1) is 0 Å². The van der Waals surface area contributed by atoms with Crippen LogP contribution in [0.3, 0.4) is 0 Å². The third-order valence-electron chi connectivity index (χ3n) is 3.00. The van der Waals surface area contributed by atoms with Gasteiger partial charge in [-0.3, -0.25) is 0 Å². The van der Waals surface area contributed by atoms with Crippen LogP contribution in [0.4, 0.5) is 0 Å². The van der Waals surface area contributed by atoms with Gasteiger partial charge in [-0.25, -0.2) is 4.98 Å². The second kappa shape index (κ2) is 6.48. The van der Waals surface area contributed by atoms with Crippen LogP contribution in [0.5, 0.6) is 5.88 Å². The highest BCUT2D eigenvalue weighted by Crippen LogP contribution is 2.12. The summed E-state index contributed by atoms with van der Waals surface area (Å²) in [7, 11) is 0. The van der Waals surface area contributed by atoms with Crippen molar-refractivity contribution in [3.63, 3.8) is 0 Å². The van der Waals surface area contributed by atoms with Gasteiger partial charge in [-0.05, 0) is 38.3 Å². The minimum absolute atomic E-state index is 0.709. The van der Waals surface area contributed by atoms with Crippen molar-refractivity contribution in [1.29, 1.82) is 0 Å². The van der Waals surface area contributed by atoms with Crippen LogP contribution in [-0.2, 0) is 0 Å². The Morgan fingerprint density at radius 1 is 1.38 bits per heavy atom. The lowest BCUT2D eigenvalue weighted by Crippen LogP contribution is -2.34. The van der Waals surface area contributed by atoms with Crippen molar-refractivity contribution in [2.24, 2.45) is 0 Å². The van der Waals surface area contributed by atoms with E-state index in [1.807, 2.05) is 18.2 Å². The maximum Gasteiger partial charge on any atom is 0.213 e. The summed E-state index contributed by atoms with van der Waals surface area (Å²) in [4.78, 5) is 4.13. The van der Waals surface area contributed by atoms with E-state index in [0.717, 1.165) is 18.9 Å². The molecular formula is C13H20N2O. The second-order valence-electron chi connectivity index (χ2n) is 4.31. The highest BCUT2D eigenvalue weighted by Gasteiger charge is 2.11. The molecule has 1 atom stereocenters. The van der Waals surface area contributed by atoms with E-state index in [4.69, 9.17) is 4.74 Å². The van der Waals surface area contributed by atoms with E-state index >= 15 is 0 Å². The predicted molar refractivity (Wildman–Crippen MR) is 64.6 cm³/mol. The number of ether oxygens (including phenoxy) is 1. The molecule has 0 amide bonds. The van der Waals surface area contributed by atoms with Gasteiger partial charge in [-0.2, -0.15) is 0 Å². The van der Waals surface area contributed by atoms with Gasteiger partial charge in [0, 0.05) is 18.3 Å². The number of rotatable bonds is 5. The maximum absolute atomic E-state index is 5.56. The first-order valence-corrected chi connectivity index (χ1v) is 6.22. The second-order valence-corrected chi connectivity index (χ2v) is 4.31. The molecule has 1 aromatic heterocycles. The molecule has 3 heteroatoms. The number of piperidine rings is 1. The van der Waals surface area contributed by atoms with E-state index in [9.17, 15) is 0 Å². The smallest absolute Gasteiger partial charge is 0.213 e. The molecule has 0 aliphatic carbocycles. The molecule has 1 aliphatic heterocycles. The summed E-state index contributed by atoms with van der Waals surface area (Å²) >= 11 is 0. The van der Waals surface area contributed by atoms with E-state index in [-0.39, 0.29) is 0 Å². The van der Waals surface area contributed by atoms with Crippen LogP contribution in [0.1, 0.15) is 32.1 Å². The zero-order chi connectivity index (χ0) is 11.1. The lowest BCUT2D eigenvalue weighted by atomic mass is 10.0. The fourth-order valence-electron chi connectivity index (χ4n) is 2.11. The highest BCUT2D eigenvalue weighted by atomic mass is 16.5. The molecule has 1 aromatic rings. The Bertz CT molecular complexity index is 283. The van der Waals surface area contributed by atoms with Gasteiger partial charge in [0.25, 0.3) is 0 Å². The zero-order valence-electron chi connectivity index (χ0n) is 9.69. The predicted octanol–water partition coefficient (Wildman–Crippen LogP) is 2.38. The Kier molecular flexibility index (Phi) is 4.62. The SMILES string of the molecule is c1ccc(OCCCC2CCCCN2)nc1. The van der Waals surface area contributed by atoms with Crippen molar-refractivity contribution in [3.8, 4) is 5.88 Å². The molecule has 2 rings (SSSR count). The minimum atomic E-state index is 0.709. The third-order valence-corrected chi connectivity index (χ3v) is 3.00. The first-order valence-electron chi connectivity index (χ1n) is 6.22. The van der Waals surface area contributed by atoms with E-state index < -0.39 is 0 Å². The Morgan fingerprint density at radius 3 is 3.12 bits per heavy atom. The molecule has 2 heterocycles. The molecule has 1 aliphatic rings. The third kappa shape index (κ3) is 3.81. The maximum atomic E-state index is 5.56. The Hall–Kier alpha value is -1.09. The first kappa shape index (κ1) is 11.4. The van der Waals surface area contributed by atoms with Crippen molar-refractivity contribution in [2.75, 3.05) is 13.2 Å². The van der Waals surface area contributed by atoms with Crippen molar-refractivity contribution >= 4 is 0 Å². The van der Waals surface area contributed by atoms with Crippen LogP contribution in [0, 0.1) is 0 Å². The number of pyridine rings is 1. The van der Waals surface area contributed by atoms with Crippen molar-refractivity contribution < 1.29 is 4.74 Å². The molecule has 0 aromatic carbocycles. The molecule has 88 valence electrons. The van der Waals surface area contributed by atoms with Gasteiger partial charge in [0.1, 0.15) is 0 Å². The quantitative estimate of drug-likeness (QED) is 0.774. The lowest BCUT2D eigenvalue weighted by Gasteiger charge is -2.23. The summed E-state index contributed by atoms with van der Waals surface area (Å²) in [5, 5.41) is 3.55. The van der Waals surface area contributed by atoms with E-state index in [2.05, 4.69) is 10.3 Å². The summed E-state index contributed by atoms with van der Waals surface area (Å²) in [5.74, 6) is 0.735. The standard InChI is InChI=1S/C13H20N2O/c1-3-9-14-12(6-1)7-5-11-16-13-8-2-4-10-15-13/h2,4,8,10,12,14H,1,3,5-7,9,11H2. The number of aromatic nitrogens is 1. The van der Waals surface area contributed by atoms with Gasteiger partial charge in [0.05, 0.1) is 6.61 Å². The van der Waals surface area contributed by atoms with Gasteiger partial charge >= 0.3 is 0 Å². The van der Waals surface area contributed by atoms with Crippen molar-refractivity contribution in [1.82, 2.24) is 10.3 Å². The summed E-state index contributed by atoms with van der Waals surface area (Å²) in [5.41, 5.74) is 0. The van der Waals surface area contributed by atoms with E-state index in [1.54, 1.807) is 6.20 Å². The molecule has 0 spiro atoms. The van der Waals surface area contributed by atoms with Crippen LogP contribution in [0.25, 0.3) is 0 Å². The molecule has 1 N–H and O–H groups in total. The topological polar surface area (TPSA) is 34.1 Å². The lowest BCUT2D eigenvalue weighted by molar-refractivity contribution is 0.276. The van der Waals surface area contributed by atoms with Crippen LogP contribution < -0.4 is 10.1 Å². The molecule has 0 radical (unpaired) electrons. The normalized spacial score (nSPS) is 20.6. The summed E-state index contributed by atoms with van der Waals surface area (Å²) in [6, 6.07) is 6.46. The highest BCUT2D eigenvalue weighted by molar-refractivity contribution is 5.08. The number of hydrogen-bond donors (Lipinski definition) is 1. The fraction of sp³-hybridized carbons (Fsp3) is 0.615. The van der Waals surface area contributed by atoms with Gasteiger partial charge in [0.15, 0.2) is 0 Å². The van der Waals surface area contributed by atoms with E-state index in [0.29, 0.717) is 6.04 Å². The van der Waals surface area contributed by atoms with Crippen LogP contribution in [0.15, 0.2) is 24.4 Å². The summed E-state index contributed by atoms with van der Waals surface area (Å²) < 4.78 is 5.56. The molecule has 1 saturated heterocycles. The molecule has 16 heavy (non-hydrogen) atoms. The Balaban J connectivity index is 1.58. The van der Waals surface area contributed by atoms with Crippen LogP contribution in [-0.4, -0.2) is 24.2 Å². The minimum Gasteiger partial charge on any atom is -0.478 e. The average Bonchev–Trinajstić information content (AvgIpc) is 2.37. The Labute approximate surface area is 97.2 Å². The molecule has 1 fully saturated rings. The molecule has 0 bridgehead atoms. The summed E-state index contributed by atoms with van der Waals surface area (Å²) in [6.07, 6.45) is 8.11. The first-order chi connectivity index (χ1) is 7.95. The average molecular weight is 220 g/mol. The van der Waals surface area contributed by atoms with Crippen LogP contribution in [0.2, 0.25) is 0 Å². The molecule has 0 saturated carbocycles. The van der Waals surface area contributed by atoms with Gasteiger partial charge in [-0.1, -0.05) is 12.5 Å². The number of hydrogen-bond acceptors (Lipinski definition) is 3. The molecule has 3 nitrogen and oxygen atoms in total. The number of nitrogens with zero attached hydrogens (tertiary/aromatic N) is 1. The number of nitrogens with one attached hydrogen (secondary N) is 1. The van der Waals surface area contributed by atoms with E-state index in [1.165, 1.54) is 32.2 Å². The Morgan fingerprint density at radius 2 is 2.38 bits per heavy atom. The van der Waals surface area contributed by atoms with Gasteiger partial charge < -0.3 is 10.1 Å². The van der Waals surface area contributed by atoms with Crippen molar-refractivity contribution in [3.05, 3.63) is 24.4 Å².